The number of halogens is 1. The Hall–Kier alpha value is -1.89. The number of hydrogen-bond acceptors (Lipinski definition) is 5. The molecule has 10 heteroatoms. The van der Waals surface area contributed by atoms with E-state index in [0.29, 0.717) is 25.7 Å². The lowest BCUT2D eigenvalue weighted by molar-refractivity contribution is 0.172. The van der Waals surface area contributed by atoms with Crippen LogP contribution in [0.25, 0.3) is 0 Å². The summed E-state index contributed by atoms with van der Waals surface area (Å²) in [7, 11) is 1.31. The predicted molar refractivity (Wildman–Crippen MR) is 130 cm³/mol. The van der Waals surface area contributed by atoms with Crippen molar-refractivity contribution in [3.63, 3.8) is 0 Å². The zero-order valence-corrected chi connectivity index (χ0v) is 20.5. The van der Waals surface area contributed by atoms with Crippen molar-refractivity contribution in [1.82, 2.24) is 10.0 Å². The fourth-order valence-electron chi connectivity index (χ4n) is 2.46. The van der Waals surface area contributed by atoms with Gasteiger partial charge in [-0.15, -0.1) is 24.0 Å². The second kappa shape index (κ2) is 13.4. The van der Waals surface area contributed by atoms with E-state index < -0.39 is 10.0 Å². The van der Waals surface area contributed by atoms with Crippen molar-refractivity contribution in [2.75, 3.05) is 39.7 Å². The van der Waals surface area contributed by atoms with Crippen molar-refractivity contribution in [2.24, 2.45) is 4.99 Å². The molecule has 0 heterocycles. The van der Waals surface area contributed by atoms with Crippen LogP contribution in [-0.2, 0) is 21.3 Å². The van der Waals surface area contributed by atoms with E-state index >= 15 is 0 Å². The maximum Gasteiger partial charge on any atom is 0.240 e. The molecule has 3 N–H and O–H groups in total. The molecular weight excluding hydrogens is 519 g/mol. The molecular formula is C20H29IN4O4S. The zero-order valence-electron chi connectivity index (χ0n) is 17.3. The fourth-order valence-corrected chi connectivity index (χ4v) is 3.19. The van der Waals surface area contributed by atoms with E-state index in [1.165, 1.54) is 7.05 Å². The summed E-state index contributed by atoms with van der Waals surface area (Å²) in [6.07, 6.45) is 0.825. The Bertz CT molecular complexity index is 905. The highest BCUT2D eigenvalue weighted by Gasteiger charge is 2.10. The van der Waals surface area contributed by atoms with Gasteiger partial charge in [0.05, 0.1) is 11.5 Å². The number of rotatable bonds is 10. The maximum absolute atomic E-state index is 11.8. The first kappa shape index (κ1) is 26.1. The van der Waals surface area contributed by atoms with Gasteiger partial charge in [-0.1, -0.05) is 18.2 Å². The molecule has 0 saturated heterocycles. The zero-order chi connectivity index (χ0) is 21.1. The van der Waals surface area contributed by atoms with Gasteiger partial charge in [0.2, 0.25) is 10.0 Å². The average molecular weight is 548 g/mol. The second-order valence-electron chi connectivity index (χ2n) is 6.12. The minimum absolute atomic E-state index is 0. The van der Waals surface area contributed by atoms with E-state index in [1.54, 1.807) is 38.4 Å². The van der Waals surface area contributed by atoms with Crippen LogP contribution in [0.5, 0.6) is 5.75 Å². The maximum atomic E-state index is 11.8. The lowest BCUT2D eigenvalue weighted by Crippen LogP contribution is -2.30. The van der Waals surface area contributed by atoms with Crippen LogP contribution in [0, 0.1) is 0 Å². The number of hydrogen-bond donors (Lipinski definition) is 3. The van der Waals surface area contributed by atoms with E-state index in [0.717, 1.165) is 23.4 Å². The summed E-state index contributed by atoms with van der Waals surface area (Å²) in [4.78, 5) is 4.45. The molecule has 2 rings (SSSR count). The van der Waals surface area contributed by atoms with E-state index in [4.69, 9.17) is 9.47 Å². The van der Waals surface area contributed by atoms with Gasteiger partial charge in [-0.05, 0) is 36.9 Å². The third-order valence-electron chi connectivity index (χ3n) is 4.04. The number of nitrogens with one attached hydrogen (secondary N) is 3. The number of benzene rings is 2. The Kier molecular flexibility index (Phi) is 11.7. The van der Waals surface area contributed by atoms with E-state index in [-0.39, 0.29) is 28.9 Å². The van der Waals surface area contributed by atoms with Gasteiger partial charge in [-0.25, -0.2) is 13.1 Å². The number of sulfonamides is 1. The second-order valence-corrected chi connectivity index (χ2v) is 8.01. The fraction of sp³-hybridized carbons (Fsp3) is 0.350. The van der Waals surface area contributed by atoms with Gasteiger partial charge in [-0.2, -0.15) is 0 Å². The summed E-state index contributed by atoms with van der Waals surface area (Å²) in [6.45, 7) is 1.74. The van der Waals surface area contributed by atoms with Gasteiger partial charge < -0.3 is 20.1 Å². The summed E-state index contributed by atoms with van der Waals surface area (Å²) >= 11 is 0. The van der Waals surface area contributed by atoms with Crippen LogP contribution in [-0.4, -0.2) is 48.8 Å². The number of aliphatic imine (C=N–C) groups is 1. The largest absolute Gasteiger partial charge is 0.493 e. The quantitative estimate of drug-likeness (QED) is 0.183. The average Bonchev–Trinajstić information content (AvgIpc) is 2.75. The highest BCUT2D eigenvalue weighted by molar-refractivity contribution is 14.0. The molecule has 0 bridgehead atoms. The Morgan fingerprint density at radius 3 is 2.47 bits per heavy atom. The van der Waals surface area contributed by atoms with Gasteiger partial charge in [-0.3, -0.25) is 4.99 Å². The molecule has 0 radical (unpaired) electrons. The minimum Gasteiger partial charge on any atom is -0.493 e. The van der Waals surface area contributed by atoms with Crippen molar-refractivity contribution in [1.29, 1.82) is 0 Å². The molecule has 0 aromatic heterocycles. The molecule has 0 aliphatic carbocycles. The molecule has 0 amide bonds. The van der Waals surface area contributed by atoms with Gasteiger partial charge in [0.15, 0.2) is 5.96 Å². The summed E-state index contributed by atoms with van der Waals surface area (Å²) in [5.41, 5.74) is 1.77. The van der Waals surface area contributed by atoms with Gasteiger partial charge in [0, 0.05) is 45.5 Å². The molecule has 0 aliphatic heterocycles. The molecule has 166 valence electrons. The third kappa shape index (κ3) is 8.46. The van der Waals surface area contributed by atoms with E-state index in [1.807, 2.05) is 24.3 Å². The van der Waals surface area contributed by atoms with Crippen molar-refractivity contribution in [2.45, 2.75) is 17.9 Å². The monoisotopic (exact) mass is 548 g/mol. The Morgan fingerprint density at radius 2 is 1.83 bits per heavy atom. The van der Waals surface area contributed by atoms with Crippen LogP contribution in [0.4, 0.5) is 5.69 Å². The SMILES string of the molecule is CN=C(NCc1ccc(S(=O)(=O)NC)cc1)Nc1cccc(OCCCOC)c1.I. The first-order chi connectivity index (χ1) is 14.0. The summed E-state index contributed by atoms with van der Waals surface area (Å²) in [5.74, 6) is 1.36. The van der Waals surface area contributed by atoms with Crippen LogP contribution in [0.15, 0.2) is 58.4 Å². The van der Waals surface area contributed by atoms with Crippen molar-refractivity contribution < 1.29 is 17.9 Å². The van der Waals surface area contributed by atoms with Crippen LogP contribution in [0.3, 0.4) is 0 Å². The minimum atomic E-state index is -3.43. The van der Waals surface area contributed by atoms with Gasteiger partial charge in [0.25, 0.3) is 0 Å². The van der Waals surface area contributed by atoms with Crippen LogP contribution < -0.4 is 20.1 Å². The molecule has 30 heavy (non-hydrogen) atoms. The highest BCUT2D eigenvalue weighted by Crippen LogP contribution is 2.17. The molecule has 0 spiro atoms. The van der Waals surface area contributed by atoms with Gasteiger partial charge >= 0.3 is 0 Å². The van der Waals surface area contributed by atoms with Crippen LogP contribution in [0.1, 0.15) is 12.0 Å². The summed E-state index contributed by atoms with van der Waals surface area (Å²) in [5, 5.41) is 6.42. The van der Waals surface area contributed by atoms with Crippen molar-refractivity contribution in [3.8, 4) is 5.75 Å². The summed E-state index contributed by atoms with van der Waals surface area (Å²) < 4.78 is 36.6. The Labute approximate surface area is 195 Å². The van der Waals surface area contributed by atoms with E-state index in [9.17, 15) is 8.42 Å². The number of guanidine groups is 1. The number of nitrogens with zero attached hydrogens (tertiary/aromatic N) is 1. The molecule has 0 saturated carbocycles. The lowest BCUT2D eigenvalue weighted by Gasteiger charge is -2.13. The molecule has 0 aliphatic rings. The topological polar surface area (TPSA) is 101 Å². The van der Waals surface area contributed by atoms with Crippen molar-refractivity contribution >= 4 is 45.6 Å². The first-order valence-corrected chi connectivity index (χ1v) is 10.7. The Balaban J connectivity index is 0.00000450. The highest BCUT2D eigenvalue weighted by atomic mass is 127. The number of ether oxygens (including phenoxy) is 2. The molecule has 2 aromatic carbocycles. The first-order valence-electron chi connectivity index (χ1n) is 9.20. The van der Waals surface area contributed by atoms with Crippen LogP contribution >= 0.6 is 24.0 Å². The standard InChI is InChI=1S/C20H28N4O4S.HI/c1-21-20(23-15-16-8-10-19(11-9-16)29(25,26)22-2)24-17-6-4-7-18(14-17)28-13-5-12-27-3;/h4,6-11,14,22H,5,12-13,15H2,1-3H3,(H2,21,23,24);1H. The molecule has 0 atom stereocenters. The molecule has 8 nitrogen and oxygen atoms in total. The normalized spacial score (nSPS) is 11.5. The molecule has 0 fully saturated rings. The van der Waals surface area contributed by atoms with E-state index in [2.05, 4.69) is 20.3 Å². The number of methoxy groups -OCH3 is 1. The van der Waals surface area contributed by atoms with Crippen molar-refractivity contribution in [3.05, 3.63) is 54.1 Å². The predicted octanol–water partition coefficient (Wildman–Crippen LogP) is 2.82. The molecule has 2 aromatic rings. The van der Waals surface area contributed by atoms with Crippen LogP contribution in [0.2, 0.25) is 0 Å². The number of anilines is 1. The lowest BCUT2D eigenvalue weighted by atomic mass is 10.2. The van der Waals surface area contributed by atoms with Gasteiger partial charge in [0.1, 0.15) is 5.75 Å². The summed E-state index contributed by atoms with van der Waals surface area (Å²) in [6, 6.07) is 14.3. The smallest absolute Gasteiger partial charge is 0.240 e. The Morgan fingerprint density at radius 1 is 1.10 bits per heavy atom. The molecule has 0 unspecified atom stereocenters. The third-order valence-corrected chi connectivity index (χ3v) is 5.47.